The Hall–Kier alpha value is -0.910. The second-order valence-corrected chi connectivity index (χ2v) is 7.46. The molecule has 2 N–H and O–H groups in total. The fraction of sp³-hybridized carbons (Fsp3) is 0.600. The van der Waals surface area contributed by atoms with Gasteiger partial charge in [0.1, 0.15) is 0 Å². The zero-order chi connectivity index (χ0) is 14.8. The molecule has 2 rings (SSSR count). The summed E-state index contributed by atoms with van der Waals surface area (Å²) < 4.78 is 27.5. The lowest BCUT2D eigenvalue weighted by atomic mass is 9.83. The molecule has 1 aromatic carbocycles. The van der Waals surface area contributed by atoms with E-state index in [9.17, 15) is 8.42 Å². The number of rotatable bonds is 6. The van der Waals surface area contributed by atoms with Crippen LogP contribution in [0.15, 0.2) is 29.2 Å². The fourth-order valence-electron chi connectivity index (χ4n) is 2.66. The first kappa shape index (κ1) is 15.5. The molecular formula is C15H24N2O2S. The molecule has 0 amide bonds. The van der Waals surface area contributed by atoms with Gasteiger partial charge in [-0.2, -0.15) is 0 Å². The number of hydrogen-bond acceptors (Lipinski definition) is 3. The average molecular weight is 296 g/mol. The number of nitrogens with one attached hydrogen (secondary N) is 2. The zero-order valence-electron chi connectivity index (χ0n) is 12.4. The van der Waals surface area contributed by atoms with Crippen molar-refractivity contribution in [1.29, 1.82) is 0 Å². The summed E-state index contributed by atoms with van der Waals surface area (Å²) in [6.45, 7) is 7.08. The molecule has 4 nitrogen and oxygen atoms in total. The highest BCUT2D eigenvalue weighted by atomic mass is 32.2. The molecule has 0 spiro atoms. The standard InChI is InChI=1S/C15H24N2O2S/c1-4-16-12(3)13-6-5-7-15(10-13)20(18,19)17-14-8-11(2)9-14/h5-7,10-12,14,16-17H,4,8-9H2,1-3H3. The Bertz CT molecular complexity index is 551. The van der Waals surface area contributed by atoms with Gasteiger partial charge in [0, 0.05) is 12.1 Å². The lowest BCUT2D eigenvalue weighted by molar-refractivity contribution is 0.270. The predicted molar refractivity (Wildman–Crippen MR) is 81.0 cm³/mol. The minimum atomic E-state index is -3.39. The molecule has 1 atom stereocenters. The SMILES string of the molecule is CCNC(C)c1cccc(S(=O)(=O)NC2CC(C)C2)c1. The van der Waals surface area contributed by atoms with Gasteiger partial charge in [-0.3, -0.25) is 0 Å². The molecule has 0 bridgehead atoms. The topological polar surface area (TPSA) is 58.2 Å². The number of sulfonamides is 1. The first-order valence-corrected chi connectivity index (χ1v) is 8.76. The molecule has 0 aliphatic heterocycles. The van der Waals surface area contributed by atoms with Gasteiger partial charge in [0.05, 0.1) is 4.90 Å². The molecule has 0 heterocycles. The lowest BCUT2D eigenvalue weighted by Crippen LogP contribution is -2.43. The molecule has 1 aliphatic carbocycles. The van der Waals surface area contributed by atoms with Crippen LogP contribution in [0.25, 0.3) is 0 Å². The van der Waals surface area contributed by atoms with Crippen LogP contribution in [0.2, 0.25) is 0 Å². The smallest absolute Gasteiger partial charge is 0.240 e. The normalized spacial score (nSPS) is 24.1. The van der Waals surface area contributed by atoms with E-state index >= 15 is 0 Å². The molecule has 1 unspecified atom stereocenters. The maximum absolute atomic E-state index is 12.3. The molecular weight excluding hydrogens is 272 g/mol. The van der Waals surface area contributed by atoms with Gasteiger partial charge < -0.3 is 5.32 Å². The Morgan fingerprint density at radius 1 is 1.35 bits per heavy atom. The van der Waals surface area contributed by atoms with Crippen LogP contribution < -0.4 is 10.0 Å². The summed E-state index contributed by atoms with van der Waals surface area (Å²) in [5.74, 6) is 0.628. The van der Waals surface area contributed by atoms with Gasteiger partial charge in [-0.05, 0) is 49.9 Å². The van der Waals surface area contributed by atoms with Crippen LogP contribution in [0.5, 0.6) is 0 Å². The van der Waals surface area contributed by atoms with Gasteiger partial charge in [0.2, 0.25) is 10.0 Å². The van der Waals surface area contributed by atoms with Crippen molar-refractivity contribution in [1.82, 2.24) is 10.0 Å². The summed E-state index contributed by atoms with van der Waals surface area (Å²) in [5.41, 5.74) is 0.997. The van der Waals surface area contributed by atoms with E-state index in [0.717, 1.165) is 24.9 Å². The fourth-order valence-corrected chi connectivity index (χ4v) is 3.98. The quantitative estimate of drug-likeness (QED) is 0.847. The number of hydrogen-bond donors (Lipinski definition) is 2. The van der Waals surface area contributed by atoms with E-state index in [1.807, 2.05) is 19.9 Å². The van der Waals surface area contributed by atoms with E-state index in [1.54, 1.807) is 18.2 Å². The zero-order valence-corrected chi connectivity index (χ0v) is 13.2. The molecule has 1 aliphatic rings. The minimum absolute atomic E-state index is 0.102. The third-order valence-corrected chi connectivity index (χ3v) is 5.39. The van der Waals surface area contributed by atoms with Gasteiger partial charge in [-0.15, -0.1) is 0 Å². The molecule has 0 radical (unpaired) electrons. The van der Waals surface area contributed by atoms with E-state index in [1.165, 1.54) is 0 Å². The predicted octanol–water partition coefficient (Wildman–Crippen LogP) is 2.43. The van der Waals surface area contributed by atoms with Crippen LogP contribution in [0.4, 0.5) is 0 Å². The van der Waals surface area contributed by atoms with E-state index in [0.29, 0.717) is 10.8 Å². The van der Waals surface area contributed by atoms with Crippen LogP contribution in [0.3, 0.4) is 0 Å². The van der Waals surface area contributed by atoms with Crippen molar-refractivity contribution in [2.75, 3.05) is 6.54 Å². The van der Waals surface area contributed by atoms with Crippen LogP contribution >= 0.6 is 0 Å². The Balaban J connectivity index is 2.13. The van der Waals surface area contributed by atoms with Crippen molar-refractivity contribution >= 4 is 10.0 Å². The van der Waals surface area contributed by atoms with E-state index < -0.39 is 10.0 Å². The summed E-state index contributed by atoms with van der Waals surface area (Å²) in [7, 11) is -3.39. The summed E-state index contributed by atoms with van der Waals surface area (Å²) in [4.78, 5) is 0.360. The second kappa shape index (κ2) is 6.24. The Kier molecular flexibility index (Phi) is 4.83. The van der Waals surface area contributed by atoms with E-state index in [4.69, 9.17) is 0 Å². The third-order valence-electron chi connectivity index (χ3n) is 3.87. The van der Waals surface area contributed by atoms with Gasteiger partial charge in [-0.1, -0.05) is 26.0 Å². The van der Waals surface area contributed by atoms with Crippen molar-refractivity contribution in [2.45, 2.75) is 50.6 Å². The lowest BCUT2D eigenvalue weighted by Gasteiger charge is -2.32. The minimum Gasteiger partial charge on any atom is -0.310 e. The van der Waals surface area contributed by atoms with Gasteiger partial charge >= 0.3 is 0 Å². The molecule has 0 saturated heterocycles. The highest BCUT2D eigenvalue weighted by Crippen LogP contribution is 2.28. The van der Waals surface area contributed by atoms with E-state index in [2.05, 4.69) is 17.0 Å². The van der Waals surface area contributed by atoms with Crippen molar-refractivity contribution in [3.8, 4) is 0 Å². The van der Waals surface area contributed by atoms with Crippen molar-refractivity contribution in [2.24, 2.45) is 5.92 Å². The average Bonchev–Trinajstić information content (AvgIpc) is 2.37. The summed E-state index contributed by atoms with van der Waals surface area (Å²) in [6, 6.07) is 7.44. The largest absolute Gasteiger partial charge is 0.310 e. The van der Waals surface area contributed by atoms with Gasteiger partial charge in [-0.25, -0.2) is 13.1 Å². The molecule has 1 saturated carbocycles. The first-order chi connectivity index (χ1) is 9.42. The van der Waals surface area contributed by atoms with Crippen molar-refractivity contribution < 1.29 is 8.42 Å². The molecule has 1 fully saturated rings. The van der Waals surface area contributed by atoms with Crippen LogP contribution in [-0.4, -0.2) is 21.0 Å². The second-order valence-electron chi connectivity index (χ2n) is 5.75. The monoisotopic (exact) mass is 296 g/mol. The molecule has 112 valence electrons. The third kappa shape index (κ3) is 3.59. The van der Waals surface area contributed by atoms with Crippen molar-refractivity contribution in [3.63, 3.8) is 0 Å². The van der Waals surface area contributed by atoms with Crippen LogP contribution in [-0.2, 0) is 10.0 Å². The van der Waals surface area contributed by atoms with Crippen molar-refractivity contribution in [3.05, 3.63) is 29.8 Å². The van der Waals surface area contributed by atoms with E-state index in [-0.39, 0.29) is 12.1 Å². The van der Waals surface area contributed by atoms with Gasteiger partial charge in [0.15, 0.2) is 0 Å². The molecule has 0 aromatic heterocycles. The highest BCUT2D eigenvalue weighted by molar-refractivity contribution is 7.89. The Labute approximate surface area is 122 Å². The van der Waals surface area contributed by atoms with Gasteiger partial charge in [0.25, 0.3) is 0 Å². The number of benzene rings is 1. The maximum atomic E-state index is 12.3. The molecule has 20 heavy (non-hydrogen) atoms. The summed E-state index contributed by atoms with van der Waals surface area (Å²) in [5, 5.41) is 3.29. The Morgan fingerprint density at radius 2 is 2.05 bits per heavy atom. The molecule has 1 aromatic rings. The van der Waals surface area contributed by atoms with Crippen LogP contribution in [0, 0.1) is 5.92 Å². The summed E-state index contributed by atoms with van der Waals surface area (Å²) >= 11 is 0. The molecule has 5 heteroatoms. The summed E-state index contributed by atoms with van der Waals surface area (Å²) in [6.07, 6.45) is 1.87. The van der Waals surface area contributed by atoms with Crippen LogP contribution in [0.1, 0.15) is 45.2 Å². The first-order valence-electron chi connectivity index (χ1n) is 7.28. The Morgan fingerprint density at radius 3 is 2.65 bits per heavy atom. The maximum Gasteiger partial charge on any atom is 0.240 e. The highest BCUT2D eigenvalue weighted by Gasteiger charge is 2.29.